The molecule has 0 fully saturated rings. The van der Waals surface area contributed by atoms with Crippen molar-refractivity contribution in [3.05, 3.63) is 44.9 Å². The second-order valence-corrected chi connectivity index (χ2v) is 6.23. The third kappa shape index (κ3) is 2.95. The summed E-state index contributed by atoms with van der Waals surface area (Å²) in [5, 5.41) is 3.55. The lowest BCUT2D eigenvalue weighted by Crippen LogP contribution is -2.30. The number of nitrogens with zero attached hydrogens (tertiary/aromatic N) is 2. The lowest BCUT2D eigenvalue weighted by atomic mass is 10.2. The van der Waals surface area contributed by atoms with Gasteiger partial charge >= 0.3 is 0 Å². The predicted molar refractivity (Wildman–Crippen MR) is 84.0 cm³/mol. The Morgan fingerprint density at radius 3 is 3.19 bits per heavy atom. The number of aromatic nitrogens is 1. The van der Waals surface area contributed by atoms with E-state index in [0.717, 1.165) is 33.4 Å². The van der Waals surface area contributed by atoms with Crippen LogP contribution in [-0.4, -0.2) is 24.5 Å². The molecule has 1 aromatic carbocycles. The molecule has 0 saturated heterocycles. The smallest absolute Gasteiger partial charge is 0.233 e. The molecule has 3 rings (SSSR count). The van der Waals surface area contributed by atoms with E-state index in [1.807, 2.05) is 23.6 Å². The molecule has 0 atom stereocenters. The molecule has 0 spiro atoms. The normalized spacial score (nSPS) is 13.5. The summed E-state index contributed by atoms with van der Waals surface area (Å²) in [6.45, 7) is 1.17. The third-order valence-corrected chi connectivity index (χ3v) is 4.70. The van der Waals surface area contributed by atoms with Gasteiger partial charge in [0.05, 0.1) is 18.7 Å². The zero-order valence-electron chi connectivity index (χ0n) is 11.6. The number of thiazole rings is 1. The number of benzene rings is 1. The molecule has 1 amide bonds. The van der Waals surface area contributed by atoms with Gasteiger partial charge in [0.25, 0.3) is 0 Å². The fourth-order valence-electron chi connectivity index (χ4n) is 2.52. The maximum atomic E-state index is 12.5. The lowest BCUT2D eigenvalue weighted by Gasteiger charge is -2.16. The van der Waals surface area contributed by atoms with Crippen LogP contribution >= 0.6 is 22.9 Å². The molecule has 0 unspecified atom stereocenters. The molecule has 6 heteroatoms. The Hall–Kier alpha value is -1.43. The number of hydrogen-bond donors (Lipinski definition) is 0. The Labute approximate surface area is 132 Å². The fourth-order valence-corrected chi connectivity index (χ4v) is 3.55. The highest BCUT2D eigenvalue weighted by molar-refractivity contribution is 7.09. The van der Waals surface area contributed by atoms with Gasteiger partial charge in [0.2, 0.25) is 5.91 Å². The third-order valence-electron chi connectivity index (χ3n) is 3.47. The van der Waals surface area contributed by atoms with Crippen LogP contribution in [0.3, 0.4) is 0 Å². The summed E-state index contributed by atoms with van der Waals surface area (Å²) in [4.78, 5) is 18.7. The molecule has 1 aliphatic rings. The Kier molecular flexibility index (Phi) is 4.24. The van der Waals surface area contributed by atoms with E-state index in [1.54, 1.807) is 12.0 Å². The number of amides is 1. The van der Waals surface area contributed by atoms with Gasteiger partial charge in [-0.05, 0) is 24.1 Å². The van der Waals surface area contributed by atoms with Gasteiger partial charge in [0, 0.05) is 29.7 Å². The molecule has 110 valence electrons. The molecule has 21 heavy (non-hydrogen) atoms. The number of rotatable bonds is 4. The second kappa shape index (κ2) is 6.13. The van der Waals surface area contributed by atoms with Crippen molar-refractivity contribution in [1.29, 1.82) is 0 Å². The van der Waals surface area contributed by atoms with E-state index >= 15 is 0 Å². The van der Waals surface area contributed by atoms with E-state index in [2.05, 4.69) is 4.98 Å². The lowest BCUT2D eigenvalue weighted by molar-refractivity contribution is -0.117. The van der Waals surface area contributed by atoms with Crippen molar-refractivity contribution >= 4 is 34.5 Å². The van der Waals surface area contributed by atoms with Crippen molar-refractivity contribution < 1.29 is 9.53 Å². The summed E-state index contributed by atoms with van der Waals surface area (Å²) in [6, 6.07) is 5.70. The first-order valence-corrected chi connectivity index (χ1v) is 7.95. The van der Waals surface area contributed by atoms with Gasteiger partial charge in [-0.25, -0.2) is 4.98 Å². The number of carbonyl (C=O) groups is 1. The highest BCUT2D eigenvalue weighted by Crippen LogP contribution is 2.33. The van der Waals surface area contributed by atoms with Crippen molar-refractivity contribution in [1.82, 2.24) is 4.98 Å². The van der Waals surface area contributed by atoms with Crippen molar-refractivity contribution in [3.8, 4) is 0 Å². The average Bonchev–Trinajstić information content (AvgIpc) is 3.07. The molecule has 1 aromatic heterocycles. The molecular formula is C15H15ClN2O2S. The summed E-state index contributed by atoms with van der Waals surface area (Å²) in [5.74, 6) is 0.0604. The van der Waals surface area contributed by atoms with Crippen LogP contribution in [0.15, 0.2) is 23.6 Å². The van der Waals surface area contributed by atoms with Crippen LogP contribution in [0.5, 0.6) is 0 Å². The standard InChI is InChI=1S/C15H15ClN2O2S/c1-20-8-14-17-10(9-21-14)7-15(19)18-6-5-11-12(16)3-2-4-13(11)18/h2-4,9H,5-8H2,1H3. The minimum absolute atomic E-state index is 0.0604. The quantitative estimate of drug-likeness (QED) is 0.868. The van der Waals surface area contributed by atoms with E-state index in [0.29, 0.717) is 19.6 Å². The van der Waals surface area contributed by atoms with Crippen molar-refractivity contribution in [3.63, 3.8) is 0 Å². The molecule has 0 N–H and O–H groups in total. The maximum absolute atomic E-state index is 12.5. The summed E-state index contributed by atoms with van der Waals surface area (Å²) >= 11 is 7.69. The first kappa shape index (κ1) is 14.5. The molecule has 2 aromatic rings. The zero-order valence-corrected chi connectivity index (χ0v) is 13.2. The fraction of sp³-hybridized carbons (Fsp3) is 0.333. The van der Waals surface area contributed by atoms with Crippen LogP contribution in [0.4, 0.5) is 5.69 Å². The monoisotopic (exact) mass is 322 g/mol. The minimum atomic E-state index is 0.0604. The molecule has 0 bridgehead atoms. The van der Waals surface area contributed by atoms with Gasteiger partial charge in [-0.2, -0.15) is 0 Å². The van der Waals surface area contributed by atoms with Gasteiger partial charge < -0.3 is 9.64 Å². The Morgan fingerprint density at radius 2 is 2.38 bits per heavy atom. The largest absolute Gasteiger partial charge is 0.378 e. The first-order valence-electron chi connectivity index (χ1n) is 6.69. The number of ether oxygens (including phenoxy) is 1. The highest BCUT2D eigenvalue weighted by atomic mass is 35.5. The van der Waals surface area contributed by atoms with E-state index in [-0.39, 0.29) is 5.91 Å². The number of methoxy groups -OCH3 is 1. The summed E-state index contributed by atoms with van der Waals surface area (Å²) in [7, 11) is 1.64. The molecule has 0 aliphatic carbocycles. The molecular weight excluding hydrogens is 308 g/mol. The SMILES string of the molecule is COCc1nc(CC(=O)N2CCc3c(Cl)cccc32)cs1. The molecule has 0 radical (unpaired) electrons. The summed E-state index contributed by atoms with van der Waals surface area (Å²) in [5.41, 5.74) is 2.79. The molecule has 4 nitrogen and oxygen atoms in total. The first-order chi connectivity index (χ1) is 10.2. The van der Waals surface area contributed by atoms with E-state index in [9.17, 15) is 4.79 Å². The van der Waals surface area contributed by atoms with Crippen LogP contribution in [0.1, 0.15) is 16.3 Å². The van der Waals surface area contributed by atoms with Gasteiger partial charge in [-0.3, -0.25) is 4.79 Å². The minimum Gasteiger partial charge on any atom is -0.378 e. The van der Waals surface area contributed by atoms with Gasteiger partial charge in [0.15, 0.2) is 0 Å². The van der Waals surface area contributed by atoms with Crippen molar-refractivity contribution in [2.24, 2.45) is 0 Å². The van der Waals surface area contributed by atoms with Crippen LogP contribution in [0.25, 0.3) is 0 Å². The van der Waals surface area contributed by atoms with Crippen LogP contribution in [0, 0.1) is 0 Å². The topological polar surface area (TPSA) is 42.4 Å². The zero-order chi connectivity index (χ0) is 14.8. The molecule has 1 aliphatic heterocycles. The van der Waals surface area contributed by atoms with Crippen molar-refractivity contribution in [2.45, 2.75) is 19.4 Å². The number of halogens is 1. The Bertz CT molecular complexity index is 671. The van der Waals surface area contributed by atoms with Gasteiger partial charge in [-0.15, -0.1) is 11.3 Å². The van der Waals surface area contributed by atoms with Crippen molar-refractivity contribution in [2.75, 3.05) is 18.6 Å². The number of carbonyl (C=O) groups excluding carboxylic acids is 1. The van der Waals surface area contributed by atoms with E-state index in [1.165, 1.54) is 11.3 Å². The molecule has 0 saturated carbocycles. The highest BCUT2D eigenvalue weighted by Gasteiger charge is 2.26. The van der Waals surface area contributed by atoms with E-state index in [4.69, 9.17) is 16.3 Å². The Balaban J connectivity index is 1.74. The summed E-state index contributed by atoms with van der Waals surface area (Å²) in [6.07, 6.45) is 1.12. The predicted octanol–water partition coefficient (Wildman–Crippen LogP) is 3.07. The Morgan fingerprint density at radius 1 is 1.52 bits per heavy atom. The average molecular weight is 323 g/mol. The molecule has 2 heterocycles. The van der Waals surface area contributed by atoms with E-state index < -0.39 is 0 Å². The summed E-state index contributed by atoms with van der Waals surface area (Å²) < 4.78 is 5.04. The van der Waals surface area contributed by atoms with Crippen LogP contribution in [0.2, 0.25) is 5.02 Å². The maximum Gasteiger partial charge on any atom is 0.233 e. The number of anilines is 1. The van der Waals surface area contributed by atoms with Crippen LogP contribution in [-0.2, 0) is 29.0 Å². The number of hydrogen-bond acceptors (Lipinski definition) is 4. The van der Waals surface area contributed by atoms with Crippen LogP contribution < -0.4 is 4.90 Å². The second-order valence-electron chi connectivity index (χ2n) is 4.88. The number of fused-ring (bicyclic) bond motifs is 1. The van der Waals surface area contributed by atoms with Gasteiger partial charge in [0.1, 0.15) is 5.01 Å². The van der Waals surface area contributed by atoms with Gasteiger partial charge in [-0.1, -0.05) is 17.7 Å².